The van der Waals surface area contributed by atoms with Gasteiger partial charge in [0.25, 0.3) is 0 Å². The molecule has 0 heteroatoms. The Morgan fingerprint density at radius 1 is 0.724 bits per heavy atom. The second-order valence-electron chi connectivity index (χ2n) is 10.5. The van der Waals surface area contributed by atoms with E-state index in [4.69, 9.17) is 13.2 Å². The Morgan fingerprint density at radius 3 is 1.83 bits per heavy atom. The van der Waals surface area contributed by atoms with Crippen LogP contribution >= 0.6 is 0 Å². The van der Waals surface area contributed by atoms with E-state index >= 15 is 0 Å². The van der Waals surface area contributed by atoms with E-state index in [0.29, 0.717) is 11.8 Å². The van der Waals surface area contributed by atoms with Crippen LogP contribution in [0.3, 0.4) is 0 Å². The topological polar surface area (TPSA) is 0 Å². The van der Waals surface area contributed by atoms with Crippen LogP contribution < -0.4 is 10.4 Å². The molecule has 4 rings (SSSR count). The molecule has 0 heterocycles. The van der Waals surface area contributed by atoms with Crippen LogP contribution in [0, 0.1) is 40.0 Å². The zero-order valence-corrected chi connectivity index (χ0v) is 19.9. The SMILES string of the molecule is C=c1c2c(c(=C)c3c(C)c4c(C)c(C)cc(C)c4c(C)c13)C(C)CC(C)(C)C2C. The molecule has 2 unspecified atom stereocenters. The van der Waals surface area contributed by atoms with Gasteiger partial charge in [0.2, 0.25) is 0 Å². The second-order valence-corrected chi connectivity index (χ2v) is 10.5. The monoisotopic (exact) mass is 384 g/mol. The van der Waals surface area contributed by atoms with Crippen LogP contribution in [0.5, 0.6) is 0 Å². The first-order chi connectivity index (χ1) is 13.4. The molecule has 0 bridgehead atoms. The van der Waals surface area contributed by atoms with E-state index in [9.17, 15) is 0 Å². The van der Waals surface area contributed by atoms with Crippen molar-refractivity contribution in [3.63, 3.8) is 0 Å². The molecule has 1 aliphatic carbocycles. The third-order valence-corrected chi connectivity index (χ3v) is 8.27. The molecular formula is C29H36. The number of hydrogen-bond donors (Lipinski definition) is 0. The molecule has 3 aromatic carbocycles. The predicted molar refractivity (Wildman–Crippen MR) is 131 cm³/mol. The van der Waals surface area contributed by atoms with Gasteiger partial charge in [0.15, 0.2) is 0 Å². The smallest absolute Gasteiger partial charge is 0.00700 e. The van der Waals surface area contributed by atoms with Gasteiger partial charge in [-0.3, -0.25) is 0 Å². The van der Waals surface area contributed by atoms with Crippen molar-refractivity contribution in [2.24, 2.45) is 5.41 Å². The zero-order chi connectivity index (χ0) is 21.6. The van der Waals surface area contributed by atoms with Crippen LogP contribution in [-0.2, 0) is 0 Å². The molecular weight excluding hydrogens is 348 g/mol. The van der Waals surface area contributed by atoms with Crippen LogP contribution in [0.4, 0.5) is 0 Å². The van der Waals surface area contributed by atoms with Crippen molar-refractivity contribution in [2.45, 2.75) is 80.6 Å². The molecule has 0 radical (unpaired) electrons. The van der Waals surface area contributed by atoms with Crippen molar-refractivity contribution in [1.82, 2.24) is 0 Å². The Balaban J connectivity index is 2.36. The maximum Gasteiger partial charge on any atom is -0.00700 e. The van der Waals surface area contributed by atoms with Crippen LogP contribution in [0.25, 0.3) is 34.7 Å². The molecule has 2 atom stereocenters. The van der Waals surface area contributed by atoms with Crippen molar-refractivity contribution >= 4 is 34.7 Å². The lowest BCUT2D eigenvalue weighted by Crippen LogP contribution is -2.37. The number of hydrogen-bond acceptors (Lipinski definition) is 0. The average molecular weight is 385 g/mol. The largest absolute Gasteiger partial charge is 0.0908 e. The molecule has 0 saturated carbocycles. The van der Waals surface area contributed by atoms with Gasteiger partial charge < -0.3 is 0 Å². The molecule has 0 nitrogen and oxygen atoms in total. The third-order valence-electron chi connectivity index (χ3n) is 8.27. The maximum absolute atomic E-state index is 4.70. The molecule has 1 aliphatic rings. The van der Waals surface area contributed by atoms with Gasteiger partial charge in [0, 0.05) is 0 Å². The fourth-order valence-corrected chi connectivity index (χ4v) is 6.53. The van der Waals surface area contributed by atoms with Crippen molar-refractivity contribution < 1.29 is 0 Å². The molecule has 152 valence electrons. The molecule has 0 aliphatic heterocycles. The lowest BCUT2D eigenvalue weighted by Gasteiger charge is -2.42. The summed E-state index contributed by atoms with van der Waals surface area (Å²) in [5.41, 5.74) is 10.1. The van der Waals surface area contributed by atoms with Gasteiger partial charge in [-0.2, -0.15) is 0 Å². The first-order valence-corrected chi connectivity index (χ1v) is 11.1. The summed E-state index contributed by atoms with van der Waals surface area (Å²) in [7, 11) is 0. The number of rotatable bonds is 0. The summed E-state index contributed by atoms with van der Waals surface area (Å²) in [4.78, 5) is 0. The van der Waals surface area contributed by atoms with Crippen LogP contribution in [0.1, 0.15) is 84.9 Å². The first kappa shape index (κ1) is 20.2. The van der Waals surface area contributed by atoms with Gasteiger partial charge in [-0.15, -0.1) is 0 Å². The quantitative estimate of drug-likeness (QED) is 0.366. The Bertz CT molecular complexity index is 1300. The van der Waals surface area contributed by atoms with Crippen molar-refractivity contribution in [1.29, 1.82) is 0 Å². The molecule has 0 aromatic heterocycles. The van der Waals surface area contributed by atoms with E-state index in [-0.39, 0.29) is 5.41 Å². The highest BCUT2D eigenvalue weighted by Crippen LogP contribution is 2.48. The molecule has 0 saturated heterocycles. The fraction of sp³-hybridized carbons (Fsp3) is 0.448. The molecule has 3 aromatic rings. The van der Waals surface area contributed by atoms with E-state index in [1.165, 1.54) is 77.3 Å². The van der Waals surface area contributed by atoms with E-state index in [0.717, 1.165) is 0 Å². The third kappa shape index (κ3) is 2.51. The first-order valence-electron chi connectivity index (χ1n) is 11.1. The van der Waals surface area contributed by atoms with Crippen molar-refractivity contribution in [2.75, 3.05) is 0 Å². The van der Waals surface area contributed by atoms with Crippen LogP contribution in [0.2, 0.25) is 0 Å². The molecule has 0 amide bonds. The number of fused-ring (bicyclic) bond motifs is 3. The highest BCUT2D eigenvalue weighted by molar-refractivity contribution is 6.09. The minimum absolute atomic E-state index is 0.280. The summed E-state index contributed by atoms with van der Waals surface area (Å²) >= 11 is 0. The van der Waals surface area contributed by atoms with Crippen LogP contribution in [-0.4, -0.2) is 0 Å². The molecule has 29 heavy (non-hydrogen) atoms. The van der Waals surface area contributed by atoms with Gasteiger partial charge in [0.1, 0.15) is 0 Å². The Kier molecular flexibility index (Phi) is 4.32. The Morgan fingerprint density at radius 2 is 1.24 bits per heavy atom. The zero-order valence-electron chi connectivity index (χ0n) is 19.9. The standard InChI is InChI=1S/C29H36/c1-14-12-15(2)23-18(5)27-21(8)28-22(9)29(10,11)13-16(3)24(28)19(6)26(27)20(7)25(23)17(14)4/h12,16,22H,6,8,13H2,1-5,7,9-11H3. The number of benzene rings is 3. The number of aryl methyl sites for hydroxylation is 5. The van der Waals surface area contributed by atoms with Crippen molar-refractivity contribution in [3.05, 3.63) is 55.4 Å². The lowest BCUT2D eigenvalue weighted by molar-refractivity contribution is 0.236. The molecule has 0 fully saturated rings. The van der Waals surface area contributed by atoms with Gasteiger partial charge in [-0.25, -0.2) is 0 Å². The van der Waals surface area contributed by atoms with Gasteiger partial charge in [-0.05, 0) is 129 Å². The fourth-order valence-electron chi connectivity index (χ4n) is 6.53. The summed E-state index contributed by atoms with van der Waals surface area (Å²) in [6.45, 7) is 30.4. The summed E-state index contributed by atoms with van der Waals surface area (Å²) in [6.07, 6.45) is 1.21. The van der Waals surface area contributed by atoms with Gasteiger partial charge in [-0.1, -0.05) is 46.9 Å². The highest BCUT2D eigenvalue weighted by atomic mass is 14.4. The second kappa shape index (κ2) is 6.21. The van der Waals surface area contributed by atoms with E-state index < -0.39 is 0 Å². The van der Waals surface area contributed by atoms with E-state index in [1.807, 2.05) is 0 Å². The molecule has 0 spiro atoms. The summed E-state index contributed by atoms with van der Waals surface area (Å²) in [5, 5.41) is 8.03. The van der Waals surface area contributed by atoms with Crippen LogP contribution in [0.15, 0.2) is 6.07 Å². The average Bonchev–Trinajstić information content (AvgIpc) is 2.61. The normalized spacial score (nSPS) is 21.0. The van der Waals surface area contributed by atoms with E-state index in [2.05, 4.69) is 68.4 Å². The summed E-state index contributed by atoms with van der Waals surface area (Å²) < 4.78 is 0. The Hall–Kier alpha value is -2.08. The van der Waals surface area contributed by atoms with Gasteiger partial charge >= 0.3 is 0 Å². The summed E-state index contributed by atoms with van der Waals surface area (Å²) in [6, 6.07) is 2.34. The lowest BCUT2D eigenvalue weighted by atomic mass is 9.62. The summed E-state index contributed by atoms with van der Waals surface area (Å²) in [5.74, 6) is 1.01. The van der Waals surface area contributed by atoms with Crippen molar-refractivity contribution in [3.8, 4) is 0 Å². The minimum Gasteiger partial charge on any atom is -0.0908 e. The van der Waals surface area contributed by atoms with E-state index in [1.54, 1.807) is 0 Å². The maximum atomic E-state index is 4.70. The highest BCUT2D eigenvalue weighted by Gasteiger charge is 2.38. The predicted octanol–water partition coefficient (Wildman–Crippen LogP) is 6.99. The molecule has 0 N–H and O–H groups in total. The Labute approximate surface area is 176 Å². The van der Waals surface area contributed by atoms with Gasteiger partial charge in [0.05, 0.1) is 0 Å². The minimum atomic E-state index is 0.280.